The topological polar surface area (TPSA) is 29.5 Å². The van der Waals surface area contributed by atoms with Crippen molar-refractivity contribution in [1.82, 2.24) is 4.90 Å². The van der Waals surface area contributed by atoms with Gasteiger partial charge in [0.15, 0.2) is 0 Å². The molecule has 0 bridgehead atoms. The minimum Gasteiger partial charge on any atom is -0.365 e. The van der Waals surface area contributed by atoms with Gasteiger partial charge in [-0.25, -0.2) is 0 Å². The average Bonchev–Trinajstić information content (AvgIpc) is 2.34. The number of alkyl halides is 3. The van der Waals surface area contributed by atoms with Gasteiger partial charge in [-0.1, -0.05) is 29.8 Å². The van der Waals surface area contributed by atoms with E-state index in [1.165, 1.54) is 11.0 Å². The molecule has 3 nitrogen and oxygen atoms in total. The summed E-state index contributed by atoms with van der Waals surface area (Å²) in [6.45, 7) is -0.946. The number of nitrogens with zero attached hydrogens (tertiary/aromatic N) is 1. The number of benzene rings is 1. The van der Waals surface area contributed by atoms with Crippen LogP contribution in [0.25, 0.3) is 6.08 Å². The van der Waals surface area contributed by atoms with Crippen LogP contribution in [0.4, 0.5) is 13.2 Å². The first-order valence-corrected chi connectivity index (χ1v) is 6.63. The van der Waals surface area contributed by atoms with E-state index < -0.39 is 18.9 Å². The zero-order valence-corrected chi connectivity index (χ0v) is 11.7. The number of hydrogen-bond donors (Lipinski definition) is 0. The van der Waals surface area contributed by atoms with Gasteiger partial charge in [0, 0.05) is 24.2 Å². The van der Waals surface area contributed by atoms with Crippen molar-refractivity contribution in [2.45, 2.75) is 12.3 Å². The van der Waals surface area contributed by atoms with E-state index in [0.29, 0.717) is 10.6 Å². The molecule has 1 aromatic carbocycles. The Bertz CT molecular complexity index is 539. The fraction of sp³-hybridized carbons (Fsp3) is 0.357. The SMILES string of the molecule is O=C(C=Cc1ccccc1Cl)N1CC(OCC(F)(F)F)C1. The lowest BCUT2D eigenvalue weighted by molar-refractivity contribution is -0.199. The Hall–Kier alpha value is -1.53. The molecule has 0 N–H and O–H groups in total. The highest BCUT2D eigenvalue weighted by Gasteiger charge is 2.35. The van der Waals surface area contributed by atoms with Crippen molar-refractivity contribution in [2.24, 2.45) is 0 Å². The van der Waals surface area contributed by atoms with Crippen LogP contribution in [0.1, 0.15) is 5.56 Å². The molecule has 1 saturated heterocycles. The van der Waals surface area contributed by atoms with E-state index in [0.717, 1.165) is 0 Å². The highest BCUT2D eigenvalue weighted by atomic mass is 35.5. The fourth-order valence-electron chi connectivity index (χ4n) is 1.81. The van der Waals surface area contributed by atoms with E-state index >= 15 is 0 Å². The first kappa shape index (κ1) is 15.9. The van der Waals surface area contributed by atoms with Crippen LogP contribution in [-0.4, -0.2) is 42.8 Å². The first-order valence-electron chi connectivity index (χ1n) is 6.25. The van der Waals surface area contributed by atoms with E-state index in [-0.39, 0.29) is 19.0 Å². The molecule has 21 heavy (non-hydrogen) atoms. The Morgan fingerprint density at radius 3 is 2.67 bits per heavy atom. The van der Waals surface area contributed by atoms with Gasteiger partial charge in [0.05, 0.1) is 6.10 Å². The number of ether oxygens (including phenoxy) is 1. The van der Waals surface area contributed by atoms with Gasteiger partial charge in [-0.2, -0.15) is 13.2 Å². The predicted molar refractivity (Wildman–Crippen MR) is 72.9 cm³/mol. The number of carbonyl (C=O) groups excluding carboxylic acids is 1. The predicted octanol–water partition coefficient (Wildman–Crippen LogP) is 3.14. The van der Waals surface area contributed by atoms with Gasteiger partial charge in [0.25, 0.3) is 0 Å². The second-order valence-electron chi connectivity index (χ2n) is 4.65. The van der Waals surface area contributed by atoms with Gasteiger partial charge in [-0.15, -0.1) is 0 Å². The second kappa shape index (κ2) is 6.49. The van der Waals surface area contributed by atoms with Crippen molar-refractivity contribution in [3.63, 3.8) is 0 Å². The average molecular weight is 320 g/mol. The monoisotopic (exact) mass is 319 g/mol. The molecule has 0 spiro atoms. The van der Waals surface area contributed by atoms with Crippen LogP contribution < -0.4 is 0 Å². The standard InChI is InChI=1S/C14H13ClF3NO2/c15-12-4-2-1-3-10(12)5-6-13(20)19-7-11(8-19)21-9-14(16,17)18/h1-6,11H,7-9H2. The van der Waals surface area contributed by atoms with Crippen molar-refractivity contribution < 1.29 is 22.7 Å². The fourth-order valence-corrected chi connectivity index (χ4v) is 2.01. The lowest BCUT2D eigenvalue weighted by Crippen LogP contribution is -2.54. The number of likely N-dealkylation sites (tertiary alicyclic amines) is 1. The molecular formula is C14H13ClF3NO2. The molecule has 0 radical (unpaired) electrons. The Balaban J connectivity index is 1.78. The molecule has 2 rings (SSSR count). The molecule has 1 aliphatic heterocycles. The van der Waals surface area contributed by atoms with Gasteiger partial charge in [-0.05, 0) is 17.7 Å². The maximum atomic E-state index is 11.9. The lowest BCUT2D eigenvalue weighted by atomic mass is 10.1. The second-order valence-corrected chi connectivity index (χ2v) is 5.05. The summed E-state index contributed by atoms with van der Waals surface area (Å²) in [6.07, 6.45) is -1.96. The van der Waals surface area contributed by atoms with Crippen LogP contribution in [0.15, 0.2) is 30.3 Å². The van der Waals surface area contributed by atoms with E-state index in [1.54, 1.807) is 30.3 Å². The smallest absolute Gasteiger partial charge is 0.365 e. The molecule has 0 atom stereocenters. The normalized spacial score (nSPS) is 16.3. The van der Waals surface area contributed by atoms with Crippen molar-refractivity contribution >= 4 is 23.6 Å². The molecule has 0 aromatic heterocycles. The molecule has 0 unspecified atom stereocenters. The van der Waals surface area contributed by atoms with Crippen LogP contribution >= 0.6 is 11.6 Å². The number of halogens is 4. The molecular weight excluding hydrogens is 307 g/mol. The van der Waals surface area contributed by atoms with Crippen molar-refractivity contribution in [3.05, 3.63) is 40.9 Å². The van der Waals surface area contributed by atoms with Gasteiger partial charge >= 0.3 is 6.18 Å². The maximum absolute atomic E-state index is 11.9. The summed E-state index contributed by atoms with van der Waals surface area (Å²) in [5.74, 6) is -0.276. The van der Waals surface area contributed by atoms with Gasteiger partial charge in [-0.3, -0.25) is 4.79 Å². The molecule has 7 heteroatoms. The zero-order valence-electron chi connectivity index (χ0n) is 10.9. The van der Waals surface area contributed by atoms with E-state index in [9.17, 15) is 18.0 Å². The van der Waals surface area contributed by atoms with Crippen LogP contribution in [0.5, 0.6) is 0 Å². The summed E-state index contributed by atoms with van der Waals surface area (Å²) in [6, 6.07) is 7.04. The summed E-state index contributed by atoms with van der Waals surface area (Å²) in [4.78, 5) is 13.2. The number of hydrogen-bond acceptors (Lipinski definition) is 2. The molecule has 0 aliphatic carbocycles. The highest BCUT2D eigenvalue weighted by molar-refractivity contribution is 6.32. The molecule has 1 fully saturated rings. The largest absolute Gasteiger partial charge is 0.411 e. The molecule has 0 saturated carbocycles. The third kappa shape index (κ3) is 4.75. The van der Waals surface area contributed by atoms with Crippen LogP contribution in [0.2, 0.25) is 5.02 Å². The van der Waals surface area contributed by atoms with Crippen LogP contribution in [0.3, 0.4) is 0 Å². The first-order chi connectivity index (χ1) is 9.85. The van der Waals surface area contributed by atoms with E-state index in [2.05, 4.69) is 4.74 Å². The Morgan fingerprint density at radius 1 is 1.38 bits per heavy atom. The maximum Gasteiger partial charge on any atom is 0.411 e. The molecule has 1 heterocycles. The highest BCUT2D eigenvalue weighted by Crippen LogP contribution is 2.20. The summed E-state index contributed by atoms with van der Waals surface area (Å²) in [5, 5.41) is 0.525. The summed E-state index contributed by atoms with van der Waals surface area (Å²) >= 11 is 5.94. The third-order valence-electron chi connectivity index (χ3n) is 2.95. The van der Waals surface area contributed by atoms with Gasteiger partial charge < -0.3 is 9.64 Å². The van der Waals surface area contributed by atoms with Crippen LogP contribution in [0, 0.1) is 0 Å². The van der Waals surface area contributed by atoms with Crippen LogP contribution in [-0.2, 0) is 9.53 Å². The zero-order chi connectivity index (χ0) is 15.5. The van der Waals surface area contributed by atoms with Gasteiger partial charge in [0.2, 0.25) is 5.91 Å². The van der Waals surface area contributed by atoms with E-state index in [1.807, 2.05) is 0 Å². The number of carbonyl (C=O) groups is 1. The molecule has 1 aliphatic rings. The Morgan fingerprint density at radius 2 is 2.05 bits per heavy atom. The summed E-state index contributed by atoms with van der Waals surface area (Å²) in [7, 11) is 0. The minimum atomic E-state index is -4.34. The van der Waals surface area contributed by atoms with Crippen molar-refractivity contribution in [2.75, 3.05) is 19.7 Å². The summed E-state index contributed by atoms with van der Waals surface area (Å²) < 4.78 is 40.5. The van der Waals surface area contributed by atoms with Crippen molar-refractivity contribution in [3.8, 4) is 0 Å². The molecule has 114 valence electrons. The molecule has 1 aromatic rings. The van der Waals surface area contributed by atoms with E-state index in [4.69, 9.17) is 11.6 Å². The van der Waals surface area contributed by atoms with Crippen molar-refractivity contribution in [1.29, 1.82) is 0 Å². The number of amides is 1. The Kier molecular flexibility index (Phi) is 4.90. The quantitative estimate of drug-likeness (QED) is 0.798. The third-order valence-corrected chi connectivity index (χ3v) is 3.30. The minimum absolute atomic E-state index is 0.168. The van der Waals surface area contributed by atoms with Gasteiger partial charge in [0.1, 0.15) is 6.61 Å². The summed E-state index contributed by atoms with van der Waals surface area (Å²) in [5.41, 5.74) is 0.706. The Labute approximate surface area is 124 Å². The molecule has 1 amide bonds. The number of rotatable bonds is 4. The lowest BCUT2D eigenvalue weighted by Gasteiger charge is -2.38.